The number of aliphatic hydroxyl groups is 1. The maximum Gasteiger partial charge on any atom is 0.223 e. The highest BCUT2D eigenvalue weighted by Gasteiger charge is 2.33. The number of amides is 1. The maximum absolute atomic E-state index is 11.8. The van der Waals surface area contributed by atoms with Gasteiger partial charge < -0.3 is 10.0 Å². The van der Waals surface area contributed by atoms with Crippen LogP contribution in [0.4, 0.5) is 0 Å². The van der Waals surface area contributed by atoms with Crippen molar-refractivity contribution in [3.63, 3.8) is 0 Å². The molecule has 1 amide bonds. The number of rotatable bonds is 5. The standard InChI is InChI=1S/C11H19NO2/c13-7-6-12(10-4-5-10)11(14)8-9-2-1-3-9/h9-10,13H,1-8H2. The van der Waals surface area contributed by atoms with Crippen LogP contribution in [0.1, 0.15) is 38.5 Å². The van der Waals surface area contributed by atoms with E-state index in [1.165, 1.54) is 19.3 Å². The fraction of sp³-hybridized carbons (Fsp3) is 0.909. The second-order valence-corrected chi connectivity index (χ2v) is 4.54. The van der Waals surface area contributed by atoms with Crippen LogP contribution in [0, 0.1) is 5.92 Å². The van der Waals surface area contributed by atoms with Gasteiger partial charge in [-0.25, -0.2) is 0 Å². The Morgan fingerprint density at radius 2 is 2.00 bits per heavy atom. The normalized spacial score (nSPS) is 21.8. The molecule has 2 fully saturated rings. The Morgan fingerprint density at radius 3 is 2.43 bits per heavy atom. The summed E-state index contributed by atoms with van der Waals surface area (Å²) in [4.78, 5) is 13.7. The lowest BCUT2D eigenvalue weighted by Crippen LogP contribution is -2.37. The summed E-state index contributed by atoms with van der Waals surface area (Å²) in [5.74, 6) is 0.911. The molecular formula is C11H19NO2. The molecule has 80 valence electrons. The Hall–Kier alpha value is -0.570. The van der Waals surface area contributed by atoms with Crippen molar-refractivity contribution in [3.05, 3.63) is 0 Å². The topological polar surface area (TPSA) is 40.5 Å². The van der Waals surface area contributed by atoms with Gasteiger partial charge in [0.1, 0.15) is 0 Å². The van der Waals surface area contributed by atoms with Crippen LogP contribution < -0.4 is 0 Å². The fourth-order valence-electron chi connectivity index (χ4n) is 2.07. The van der Waals surface area contributed by atoms with Gasteiger partial charge in [0.05, 0.1) is 6.61 Å². The van der Waals surface area contributed by atoms with Crippen molar-refractivity contribution in [3.8, 4) is 0 Å². The lowest BCUT2D eigenvalue weighted by Gasteiger charge is -2.28. The predicted molar refractivity (Wildman–Crippen MR) is 53.8 cm³/mol. The molecule has 0 radical (unpaired) electrons. The van der Waals surface area contributed by atoms with E-state index in [0.29, 0.717) is 18.5 Å². The minimum atomic E-state index is 0.104. The third kappa shape index (κ3) is 2.27. The van der Waals surface area contributed by atoms with Crippen LogP contribution in [0.15, 0.2) is 0 Å². The summed E-state index contributed by atoms with van der Waals surface area (Å²) in [6.07, 6.45) is 6.73. The number of hydrogen-bond donors (Lipinski definition) is 1. The van der Waals surface area contributed by atoms with Crippen molar-refractivity contribution in [2.45, 2.75) is 44.6 Å². The highest BCUT2D eigenvalue weighted by Crippen LogP contribution is 2.32. The number of aliphatic hydroxyl groups excluding tert-OH is 1. The molecule has 0 aliphatic heterocycles. The van der Waals surface area contributed by atoms with E-state index in [2.05, 4.69) is 0 Å². The summed E-state index contributed by atoms with van der Waals surface area (Å²) in [7, 11) is 0. The molecule has 0 heterocycles. The van der Waals surface area contributed by atoms with Crippen LogP contribution >= 0.6 is 0 Å². The van der Waals surface area contributed by atoms with Gasteiger partial charge in [-0.15, -0.1) is 0 Å². The van der Waals surface area contributed by atoms with Crippen molar-refractivity contribution < 1.29 is 9.90 Å². The second-order valence-electron chi connectivity index (χ2n) is 4.54. The molecule has 0 saturated heterocycles. The first-order chi connectivity index (χ1) is 6.81. The summed E-state index contributed by atoms with van der Waals surface area (Å²) in [5.41, 5.74) is 0. The molecular weight excluding hydrogens is 178 g/mol. The first kappa shape index (κ1) is 9.97. The third-order valence-corrected chi connectivity index (χ3v) is 3.34. The highest BCUT2D eigenvalue weighted by atomic mass is 16.3. The van der Waals surface area contributed by atoms with Crippen molar-refractivity contribution in [1.29, 1.82) is 0 Å². The van der Waals surface area contributed by atoms with Crippen LogP contribution in [0.25, 0.3) is 0 Å². The number of carbonyl (C=O) groups excluding carboxylic acids is 1. The van der Waals surface area contributed by atoms with Crippen LogP contribution in [0.5, 0.6) is 0 Å². The molecule has 1 N–H and O–H groups in total. The predicted octanol–water partition coefficient (Wildman–Crippen LogP) is 1.16. The van der Waals surface area contributed by atoms with E-state index in [-0.39, 0.29) is 12.5 Å². The summed E-state index contributed by atoms with van der Waals surface area (Å²) in [6, 6.07) is 0.453. The van der Waals surface area contributed by atoms with Gasteiger partial charge in [-0.05, 0) is 31.6 Å². The van der Waals surface area contributed by atoms with Crippen LogP contribution in [0.2, 0.25) is 0 Å². The van der Waals surface area contributed by atoms with Gasteiger partial charge in [0.2, 0.25) is 5.91 Å². The number of hydrogen-bond acceptors (Lipinski definition) is 2. The number of nitrogens with zero attached hydrogens (tertiary/aromatic N) is 1. The minimum Gasteiger partial charge on any atom is -0.395 e. The Balaban J connectivity index is 1.79. The zero-order valence-corrected chi connectivity index (χ0v) is 8.61. The van der Waals surface area contributed by atoms with Gasteiger partial charge >= 0.3 is 0 Å². The van der Waals surface area contributed by atoms with Crippen molar-refractivity contribution >= 4 is 5.91 Å². The van der Waals surface area contributed by atoms with Gasteiger partial charge in [0, 0.05) is 19.0 Å². The smallest absolute Gasteiger partial charge is 0.223 e. The summed E-state index contributed by atoms with van der Waals surface area (Å²) >= 11 is 0. The highest BCUT2D eigenvalue weighted by molar-refractivity contribution is 5.77. The third-order valence-electron chi connectivity index (χ3n) is 3.34. The summed E-state index contributed by atoms with van der Waals surface area (Å²) < 4.78 is 0. The monoisotopic (exact) mass is 197 g/mol. The average molecular weight is 197 g/mol. The molecule has 2 rings (SSSR count). The van der Waals surface area contributed by atoms with E-state index < -0.39 is 0 Å². The minimum absolute atomic E-state index is 0.104. The van der Waals surface area contributed by atoms with Gasteiger partial charge in [-0.3, -0.25) is 4.79 Å². The molecule has 0 spiro atoms. The van der Waals surface area contributed by atoms with Crippen LogP contribution in [0.3, 0.4) is 0 Å². The number of carbonyl (C=O) groups is 1. The van der Waals surface area contributed by atoms with E-state index in [4.69, 9.17) is 5.11 Å². The molecule has 2 aliphatic carbocycles. The van der Waals surface area contributed by atoms with Gasteiger partial charge in [-0.2, -0.15) is 0 Å². The molecule has 0 unspecified atom stereocenters. The van der Waals surface area contributed by atoms with E-state index >= 15 is 0 Å². The first-order valence-electron chi connectivity index (χ1n) is 5.71. The molecule has 14 heavy (non-hydrogen) atoms. The van der Waals surface area contributed by atoms with Crippen LogP contribution in [-0.4, -0.2) is 35.1 Å². The molecule has 3 heteroatoms. The van der Waals surface area contributed by atoms with E-state index in [1.54, 1.807) is 0 Å². The lowest BCUT2D eigenvalue weighted by molar-refractivity contribution is -0.133. The molecule has 0 aromatic rings. The van der Waals surface area contributed by atoms with E-state index in [1.807, 2.05) is 4.90 Å². The van der Waals surface area contributed by atoms with Gasteiger partial charge in [0.15, 0.2) is 0 Å². The molecule has 2 saturated carbocycles. The molecule has 0 aromatic heterocycles. The van der Waals surface area contributed by atoms with E-state index in [9.17, 15) is 4.79 Å². The molecule has 0 bridgehead atoms. The summed E-state index contributed by atoms with van der Waals surface area (Å²) in [6.45, 7) is 0.642. The van der Waals surface area contributed by atoms with Crippen molar-refractivity contribution in [2.75, 3.05) is 13.2 Å². The molecule has 0 atom stereocenters. The molecule has 0 aromatic carbocycles. The Bertz CT molecular complexity index is 209. The second kappa shape index (κ2) is 4.30. The molecule has 2 aliphatic rings. The van der Waals surface area contributed by atoms with Gasteiger partial charge in [0.25, 0.3) is 0 Å². The van der Waals surface area contributed by atoms with E-state index in [0.717, 1.165) is 19.3 Å². The largest absolute Gasteiger partial charge is 0.395 e. The van der Waals surface area contributed by atoms with Gasteiger partial charge in [-0.1, -0.05) is 6.42 Å². The first-order valence-corrected chi connectivity index (χ1v) is 5.71. The van der Waals surface area contributed by atoms with Crippen LogP contribution in [-0.2, 0) is 4.79 Å². The Morgan fingerprint density at radius 1 is 1.29 bits per heavy atom. The Kier molecular flexibility index (Phi) is 3.06. The summed E-state index contributed by atoms with van der Waals surface area (Å²) in [5, 5.41) is 8.87. The van der Waals surface area contributed by atoms with Crippen molar-refractivity contribution in [2.24, 2.45) is 5.92 Å². The maximum atomic E-state index is 11.8. The molecule has 3 nitrogen and oxygen atoms in total. The zero-order valence-electron chi connectivity index (χ0n) is 8.61. The average Bonchev–Trinajstić information content (AvgIpc) is 2.90. The zero-order chi connectivity index (χ0) is 9.97. The SMILES string of the molecule is O=C(CC1CCC1)N(CCO)C1CC1. The lowest BCUT2D eigenvalue weighted by atomic mass is 9.82. The fourth-order valence-corrected chi connectivity index (χ4v) is 2.07. The quantitative estimate of drug-likeness (QED) is 0.718. The van der Waals surface area contributed by atoms with Crippen molar-refractivity contribution in [1.82, 2.24) is 4.90 Å². The Labute approximate surface area is 85.1 Å².